The Bertz CT molecular complexity index is 648. The highest BCUT2D eigenvalue weighted by Gasteiger charge is 2.23. The molecule has 0 saturated carbocycles. The lowest BCUT2D eigenvalue weighted by Gasteiger charge is -2.19. The molecule has 1 aliphatic rings. The van der Waals surface area contributed by atoms with Gasteiger partial charge in [-0.2, -0.15) is 0 Å². The van der Waals surface area contributed by atoms with E-state index in [1.165, 1.54) is 12.1 Å². The van der Waals surface area contributed by atoms with E-state index in [4.69, 9.17) is 10.5 Å². The van der Waals surface area contributed by atoms with Crippen LogP contribution in [0.5, 0.6) is 5.75 Å². The third-order valence-electron chi connectivity index (χ3n) is 2.88. The van der Waals surface area contributed by atoms with Crippen LogP contribution in [0.15, 0.2) is 21.5 Å². The molecular formula is C12H16BrN3O4S. The number of halogens is 1. The number of nitrogens with two attached hydrogens (primary N) is 1. The molecule has 7 nitrogen and oxygen atoms in total. The molecule has 1 aromatic carbocycles. The van der Waals surface area contributed by atoms with E-state index in [1.807, 2.05) is 0 Å². The molecule has 0 aromatic heterocycles. The Morgan fingerprint density at radius 3 is 2.86 bits per heavy atom. The number of anilines is 1. The molecular weight excluding hydrogens is 362 g/mol. The number of ether oxygens (including phenoxy) is 1. The predicted molar refractivity (Wildman–Crippen MR) is 81.7 cm³/mol. The number of hydrogen-bond acceptors (Lipinski definition) is 5. The van der Waals surface area contributed by atoms with E-state index in [0.717, 1.165) is 6.42 Å². The van der Waals surface area contributed by atoms with Gasteiger partial charge in [0.1, 0.15) is 5.75 Å². The van der Waals surface area contributed by atoms with Crippen LogP contribution < -0.4 is 20.5 Å². The van der Waals surface area contributed by atoms with Crippen molar-refractivity contribution < 1.29 is 17.9 Å². The molecule has 1 amide bonds. The van der Waals surface area contributed by atoms with Gasteiger partial charge in [-0.3, -0.25) is 4.79 Å². The number of rotatable bonds is 6. The molecule has 116 valence electrons. The van der Waals surface area contributed by atoms with Crippen LogP contribution in [-0.4, -0.2) is 34.0 Å². The van der Waals surface area contributed by atoms with Crippen LogP contribution in [0.3, 0.4) is 0 Å². The summed E-state index contributed by atoms with van der Waals surface area (Å²) >= 11 is 3.21. The first-order valence-corrected chi connectivity index (χ1v) is 8.67. The second kappa shape index (κ2) is 6.73. The minimum absolute atomic E-state index is 0.0742. The maximum Gasteiger partial charge on any atom is 0.262 e. The first-order valence-electron chi connectivity index (χ1n) is 6.40. The summed E-state index contributed by atoms with van der Waals surface area (Å²) in [5.74, 6) is 0.0602. The molecule has 9 heteroatoms. The molecule has 0 bridgehead atoms. The second-order valence-electron chi connectivity index (χ2n) is 4.51. The zero-order chi connectivity index (χ0) is 15.5. The summed E-state index contributed by atoms with van der Waals surface area (Å²) < 4.78 is 32.6. The number of benzene rings is 1. The molecule has 0 radical (unpaired) electrons. The Hall–Kier alpha value is -1.16. The van der Waals surface area contributed by atoms with E-state index in [-0.39, 0.29) is 17.4 Å². The maximum atomic E-state index is 12.3. The van der Waals surface area contributed by atoms with Crippen molar-refractivity contribution in [1.82, 2.24) is 4.72 Å². The highest BCUT2D eigenvalue weighted by molar-refractivity contribution is 9.10. The molecule has 1 heterocycles. The topological polar surface area (TPSA) is 111 Å². The normalized spacial score (nSPS) is 14.3. The number of fused-ring (bicyclic) bond motifs is 1. The van der Waals surface area contributed by atoms with Crippen LogP contribution in [0.1, 0.15) is 12.8 Å². The monoisotopic (exact) mass is 377 g/mol. The summed E-state index contributed by atoms with van der Waals surface area (Å²) in [6.07, 6.45) is 1.42. The van der Waals surface area contributed by atoms with Gasteiger partial charge in [0.15, 0.2) is 6.61 Å². The summed E-state index contributed by atoms with van der Waals surface area (Å²) in [7, 11) is -3.65. The van der Waals surface area contributed by atoms with Crippen molar-refractivity contribution in [3.63, 3.8) is 0 Å². The van der Waals surface area contributed by atoms with Gasteiger partial charge in [0.05, 0.1) is 10.6 Å². The van der Waals surface area contributed by atoms with Gasteiger partial charge in [-0.05, 0) is 41.4 Å². The minimum Gasteiger partial charge on any atom is -0.482 e. The quantitative estimate of drug-likeness (QED) is 0.634. The SMILES string of the molecule is NCCCCNS(=O)(=O)c1cc2c(cc1Br)NC(=O)CO2. The fourth-order valence-corrected chi connectivity index (χ4v) is 3.97. The fourth-order valence-electron chi connectivity index (χ4n) is 1.84. The average Bonchev–Trinajstić information content (AvgIpc) is 2.42. The number of amides is 1. The van der Waals surface area contributed by atoms with Gasteiger partial charge in [0, 0.05) is 17.1 Å². The Labute approximate surface area is 131 Å². The number of nitrogens with one attached hydrogen (secondary N) is 2. The number of carbonyl (C=O) groups is 1. The van der Waals surface area contributed by atoms with Crippen molar-refractivity contribution in [1.29, 1.82) is 0 Å². The maximum absolute atomic E-state index is 12.3. The van der Waals surface area contributed by atoms with Gasteiger partial charge in [0.2, 0.25) is 10.0 Å². The molecule has 4 N–H and O–H groups in total. The van der Waals surface area contributed by atoms with Crippen LogP contribution >= 0.6 is 15.9 Å². The highest BCUT2D eigenvalue weighted by Crippen LogP contribution is 2.35. The number of sulfonamides is 1. The van der Waals surface area contributed by atoms with Crippen LogP contribution in [0.2, 0.25) is 0 Å². The first kappa shape index (κ1) is 16.2. The summed E-state index contributed by atoms with van der Waals surface area (Å²) in [5, 5.41) is 2.62. The molecule has 2 rings (SSSR count). The summed E-state index contributed by atoms with van der Waals surface area (Å²) in [5.41, 5.74) is 5.81. The Kier molecular flexibility index (Phi) is 5.20. The van der Waals surface area contributed by atoms with Gasteiger partial charge in [-0.1, -0.05) is 0 Å². The molecule has 0 spiro atoms. The predicted octanol–water partition coefficient (Wildman–Crippen LogP) is 0.797. The van der Waals surface area contributed by atoms with E-state index in [9.17, 15) is 13.2 Å². The molecule has 0 fully saturated rings. The van der Waals surface area contributed by atoms with Crippen molar-refractivity contribution in [3.8, 4) is 5.75 Å². The third kappa shape index (κ3) is 3.94. The Morgan fingerprint density at radius 1 is 1.38 bits per heavy atom. The van der Waals surface area contributed by atoms with Crippen molar-refractivity contribution in [2.75, 3.05) is 25.0 Å². The van der Waals surface area contributed by atoms with Crippen LogP contribution in [0, 0.1) is 0 Å². The summed E-state index contributed by atoms with van der Waals surface area (Å²) in [6.45, 7) is 0.719. The van der Waals surface area contributed by atoms with Crippen LogP contribution in [-0.2, 0) is 14.8 Å². The lowest BCUT2D eigenvalue weighted by molar-refractivity contribution is -0.118. The fraction of sp³-hybridized carbons (Fsp3) is 0.417. The van der Waals surface area contributed by atoms with Crippen molar-refractivity contribution in [2.24, 2.45) is 5.73 Å². The smallest absolute Gasteiger partial charge is 0.262 e. The molecule has 21 heavy (non-hydrogen) atoms. The zero-order valence-electron chi connectivity index (χ0n) is 11.2. The van der Waals surface area contributed by atoms with Crippen LogP contribution in [0.25, 0.3) is 0 Å². The molecule has 0 aliphatic carbocycles. The summed E-state index contributed by atoms with van der Waals surface area (Å²) in [4.78, 5) is 11.3. The van der Waals surface area contributed by atoms with Gasteiger partial charge in [-0.25, -0.2) is 13.1 Å². The molecule has 1 aliphatic heterocycles. The van der Waals surface area contributed by atoms with Gasteiger partial charge in [0.25, 0.3) is 5.91 Å². The van der Waals surface area contributed by atoms with Gasteiger partial charge in [-0.15, -0.1) is 0 Å². The lowest BCUT2D eigenvalue weighted by Crippen LogP contribution is -2.28. The van der Waals surface area contributed by atoms with E-state index in [0.29, 0.717) is 35.4 Å². The largest absolute Gasteiger partial charge is 0.482 e. The van der Waals surface area contributed by atoms with E-state index >= 15 is 0 Å². The van der Waals surface area contributed by atoms with E-state index in [2.05, 4.69) is 26.0 Å². The highest BCUT2D eigenvalue weighted by atomic mass is 79.9. The second-order valence-corrected chi connectivity index (χ2v) is 7.10. The van der Waals surface area contributed by atoms with Crippen molar-refractivity contribution in [3.05, 3.63) is 16.6 Å². The standard InChI is InChI=1S/C12H16BrN3O4S/c13-8-5-9-10(20-7-12(17)16-9)6-11(8)21(18,19)15-4-2-1-3-14/h5-6,15H,1-4,7,14H2,(H,16,17). The molecule has 0 saturated heterocycles. The number of carbonyl (C=O) groups excluding carboxylic acids is 1. The molecule has 0 atom stereocenters. The third-order valence-corrected chi connectivity index (χ3v) is 5.30. The zero-order valence-corrected chi connectivity index (χ0v) is 13.6. The first-order chi connectivity index (χ1) is 9.94. The summed E-state index contributed by atoms with van der Waals surface area (Å²) in [6, 6.07) is 2.91. The van der Waals surface area contributed by atoms with E-state index in [1.54, 1.807) is 0 Å². The van der Waals surface area contributed by atoms with Crippen molar-refractivity contribution >= 4 is 37.5 Å². The van der Waals surface area contributed by atoms with Gasteiger partial charge >= 0.3 is 0 Å². The Morgan fingerprint density at radius 2 is 2.14 bits per heavy atom. The molecule has 1 aromatic rings. The lowest BCUT2D eigenvalue weighted by atomic mass is 10.2. The Balaban J connectivity index is 2.21. The number of unbranched alkanes of at least 4 members (excludes halogenated alkanes) is 1. The molecule has 0 unspecified atom stereocenters. The van der Waals surface area contributed by atoms with Crippen LogP contribution in [0.4, 0.5) is 5.69 Å². The van der Waals surface area contributed by atoms with Crippen molar-refractivity contribution in [2.45, 2.75) is 17.7 Å². The average molecular weight is 378 g/mol. The minimum atomic E-state index is -3.65. The van der Waals surface area contributed by atoms with Gasteiger partial charge < -0.3 is 15.8 Å². The van der Waals surface area contributed by atoms with E-state index < -0.39 is 10.0 Å². The number of hydrogen-bond donors (Lipinski definition) is 3.